The Morgan fingerprint density at radius 1 is 1.32 bits per heavy atom. The molecule has 1 heterocycles. The molecule has 0 spiro atoms. The molecule has 1 aliphatic carbocycles. The van der Waals surface area contributed by atoms with Crippen LogP contribution in [0.2, 0.25) is 0 Å². The molecule has 0 bridgehead atoms. The van der Waals surface area contributed by atoms with E-state index >= 15 is 0 Å². The number of nitrogens with one attached hydrogen (secondary N) is 1. The zero-order chi connectivity index (χ0) is 13.7. The van der Waals surface area contributed by atoms with Crippen LogP contribution < -0.4 is 10.1 Å². The lowest BCUT2D eigenvalue weighted by atomic mass is 10.2. The van der Waals surface area contributed by atoms with E-state index in [4.69, 9.17) is 9.47 Å². The zero-order valence-corrected chi connectivity index (χ0v) is 12.1. The second kappa shape index (κ2) is 6.35. The minimum atomic E-state index is -0.113. The van der Waals surface area contributed by atoms with Crippen LogP contribution in [0.25, 0.3) is 0 Å². The van der Waals surface area contributed by atoms with E-state index in [0.717, 1.165) is 17.9 Å². The van der Waals surface area contributed by atoms with Gasteiger partial charge < -0.3 is 14.8 Å². The third-order valence-electron chi connectivity index (χ3n) is 2.89. The minimum Gasteiger partial charge on any atom is -0.491 e. The molecule has 0 unspecified atom stereocenters. The molecule has 0 saturated heterocycles. The fraction of sp³-hybridized carbons (Fsp3) is 0.667. The van der Waals surface area contributed by atoms with Gasteiger partial charge in [0.15, 0.2) is 0 Å². The Kier molecular flexibility index (Phi) is 4.77. The Labute approximate surface area is 115 Å². The lowest BCUT2D eigenvalue weighted by Gasteiger charge is -2.20. The molecule has 1 N–H and O–H groups in total. The maximum Gasteiger partial charge on any atom is 0.126 e. The number of hydrogen-bond acceptors (Lipinski definition) is 4. The number of rotatable bonds is 7. The molecular weight excluding hydrogens is 240 g/mol. The fourth-order valence-corrected chi connectivity index (χ4v) is 1.73. The number of nitrogens with zero attached hydrogens (tertiary/aromatic N) is 1. The van der Waals surface area contributed by atoms with Crippen molar-refractivity contribution >= 4 is 0 Å². The summed E-state index contributed by atoms with van der Waals surface area (Å²) < 4.78 is 11.4. The number of hydrogen-bond donors (Lipinski definition) is 1. The van der Waals surface area contributed by atoms with Crippen molar-refractivity contribution in [2.75, 3.05) is 13.2 Å². The van der Waals surface area contributed by atoms with Crippen LogP contribution >= 0.6 is 0 Å². The Bertz CT molecular complexity index is 397. The number of aromatic nitrogens is 1. The molecule has 0 aliphatic heterocycles. The van der Waals surface area contributed by atoms with Gasteiger partial charge >= 0.3 is 0 Å². The van der Waals surface area contributed by atoms with Gasteiger partial charge in [0.25, 0.3) is 0 Å². The molecule has 0 atom stereocenters. The average molecular weight is 264 g/mol. The van der Waals surface area contributed by atoms with E-state index in [1.807, 2.05) is 33.0 Å². The van der Waals surface area contributed by atoms with Gasteiger partial charge in [-0.3, -0.25) is 4.98 Å². The SMILES string of the molecule is CC(C)(C)OCCOc1ccncc1CNC1CC1. The maximum atomic E-state index is 5.78. The highest BCUT2D eigenvalue weighted by atomic mass is 16.5. The average Bonchev–Trinajstić information content (AvgIpc) is 3.16. The van der Waals surface area contributed by atoms with Crippen molar-refractivity contribution in [1.82, 2.24) is 10.3 Å². The van der Waals surface area contributed by atoms with Crippen LogP contribution in [0, 0.1) is 0 Å². The Morgan fingerprint density at radius 2 is 2.11 bits per heavy atom. The molecule has 2 rings (SSSR count). The molecule has 0 amide bonds. The predicted octanol–water partition coefficient (Wildman–Crippen LogP) is 2.53. The molecule has 1 aliphatic rings. The van der Waals surface area contributed by atoms with Crippen molar-refractivity contribution in [1.29, 1.82) is 0 Å². The first-order valence-electron chi connectivity index (χ1n) is 6.97. The van der Waals surface area contributed by atoms with Crippen LogP contribution in [-0.2, 0) is 11.3 Å². The van der Waals surface area contributed by atoms with Gasteiger partial charge in [-0.05, 0) is 39.7 Å². The van der Waals surface area contributed by atoms with Crippen LogP contribution in [0.4, 0.5) is 0 Å². The highest BCUT2D eigenvalue weighted by molar-refractivity contribution is 5.30. The van der Waals surface area contributed by atoms with Crippen LogP contribution in [0.5, 0.6) is 5.75 Å². The third-order valence-corrected chi connectivity index (χ3v) is 2.89. The molecule has 1 fully saturated rings. The molecule has 1 aromatic rings. The summed E-state index contributed by atoms with van der Waals surface area (Å²) in [5.74, 6) is 0.903. The lowest BCUT2D eigenvalue weighted by molar-refractivity contribution is -0.0164. The molecule has 0 radical (unpaired) electrons. The highest BCUT2D eigenvalue weighted by Crippen LogP contribution is 2.22. The van der Waals surface area contributed by atoms with E-state index in [1.54, 1.807) is 6.20 Å². The van der Waals surface area contributed by atoms with E-state index in [1.165, 1.54) is 12.8 Å². The van der Waals surface area contributed by atoms with E-state index in [0.29, 0.717) is 19.3 Å². The topological polar surface area (TPSA) is 43.4 Å². The minimum absolute atomic E-state index is 0.113. The number of ether oxygens (including phenoxy) is 2. The second-order valence-corrected chi connectivity index (χ2v) is 5.95. The molecule has 1 aromatic heterocycles. The van der Waals surface area contributed by atoms with Gasteiger partial charge in [0, 0.05) is 30.5 Å². The Hall–Kier alpha value is -1.13. The molecule has 1 saturated carbocycles. The largest absolute Gasteiger partial charge is 0.491 e. The Morgan fingerprint density at radius 3 is 2.79 bits per heavy atom. The highest BCUT2D eigenvalue weighted by Gasteiger charge is 2.20. The summed E-state index contributed by atoms with van der Waals surface area (Å²) in [5.41, 5.74) is 1.00. The van der Waals surface area contributed by atoms with Gasteiger partial charge in [-0.1, -0.05) is 0 Å². The standard InChI is InChI=1S/C15H24N2O2/c1-15(2,3)19-9-8-18-14-6-7-16-10-12(14)11-17-13-4-5-13/h6-7,10,13,17H,4-5,8-9,11H2,1-3H3. The summed E-state index contributed by atoms with van der Waals surface area (Å²) >= 11 is 0. The van der Waals surface area contributed by atoms with Crippen molar-refractivity contribution < 1.29 is 9.47 Å². The first-order chi connectivity index (χ1) is 9.04. The van der Waals surface area contributed by atoms with Crippen molar-refractivity contribution in [3.05, 3.63) is 24.0 Å². The van der Waals surface area contributed by atoms with Crippen molar-refractivity contribution in [3.63, 3.8) is 0 Å². The van der Waals surface area contributed by atoms with Crippen LogP contribution in [-0.4, -0.2) is 29.8 Å². The van der Waals surface area contributed by atoms with Gasteiger partial charge in [0.05, 0.1) is 12.2 Å². The molecule has 106 valence electrons. The van der Waals surface area contributed by atoms with Crippen molar-refractivity contribution in [3.8, 4) is 5.75 Å². The van der Waals surface area contributed by atoms with Crippen molar-refractivity contribution in [2.45, 2.75) is 51.8 Å². The summed E-state index contributed by atoms with van der Waals surface area (Å²) in [6.45, 7) is 8.13. The van der Waals surface area contributed by atoms with Crippen LogP contribution in [0.1, 0.15) is 39.2 Å². The first kappa shape index (κ1) is 14.3. The smallest absolute Gasteiger partial charge is 0.126 e. The summed E-state index contributed by atoms with van der Waals surface area (Å²) in [5, 5.41) is 3.48. The van der Waals surface area contributed by atoms with Gasteiger partial charge in [0.2, 0.25) is 0 Å². The quantitative estimate of drug-likeness (QED) is 0.769. The van der Waals surface area contributed by atoms with E-state index < -0.39 is 0 Å². The summed E-state index contributed by atoms with van der Waals surface area (Å²) in [6.07, 6.45) is 6.21. The Balaban J connectivity index is 1.77. The lowest BCUT2D eigenvalue weighted by Crippen LogP contribution is -2.23. The third kappa shape index (κ3) is 5.57. The van der Waals surface area contributed by atoms with Crippen LogP contribution in [0.15, 0.2) is 18.5 Å². The molecule has 0 aromatic carbocycles. The van der Waals surface area contributed by atoms with E-state index in [9.17, 15) is 0 Å². The van der Waals surface area contributed by atoms with E-state index in [-0.39, 0.29) is 5.60 Å². The van der Waals surface area contributed by atoms with Crippen LogP contribution in [0.3, 0.4) is 0 Å². The maximum absolute atomic E-state index is 5.78. The van der Waals surface area contributed by atoms with Gasteiger partial charge in [-0.15, -0.1) is 0 Å². The monoisotopic (exact) mass is 264 g/mol. The number of pyridine rings is 1. The normalized spacial score (nSPS) is 15.5. The second-order valence-electron chi connectivity index (χ2n) is 5.95. The molecular formula is C15H24N2O2. The summed E-state index contributed by atoms with van der Waals surface area (Å²) in [6, 6.07) is 2.61. The summed E-state index contributed by atoms with van der Waals surface area (Å²) in [4.78, 5) is 4.16. The van der Waals surface area contributed by atoms with Gasteiger partial charge in [-0.2, -0.15) is 0 Å². The van der Waals surface area contributed by atoms with E-state index in [2.05, 4.69) is 10.3 Å². The first-order valence-corrected chi connectivity index (χ1v) is 6.97. The predicted molar refractivity (Wildman–Crippen MR) is 75.3 cm³/mol. The molecule has 4 nitrogen and oxygen atoms in total. The molecule has 19 heavy (non-hydrogen) atoms. The van der Waals surface area contributed by atoms with Crippen molar-refractivity contribution in [2.24, 2.45) is 0 Å². The molecule has 4 heteroatoms. The van der Waals surface area contributed by atoms with Gasteiger partial charge in [-0.25, -0.2) is 0 Å². The fourth-order valence-electron chi connectivity index (χ4n) is 1.73. The zero-order valence-electron chi connectivity index (χ0n) is 12.1. The summed E-state index contributed by atoms with van der Waals surface area (Å²) in [7, 11) is 0. The van der Waals surface area contributed by atoms with Gasteiger partial charge in [0.1, 0.15) is 12.4 Å².